The minimum absolute atomic E-state index is 0.153. The third kappa shape index (κ3) is 4.55. The molecular formula is C24H33FN2O2. The number of amides is 1. The number of piperazine rings is 1. The maximum atomic E-state index is 14.6. The van der Waals surface area contributed by atoms with Crippen LogP contribution in [0.4, 0.5) is 4.39 Å². The number of hydrogen-bond donors (Lipinski definition) is 0. The van der Waals surface area contributed by atoms with Gasteiger partial charge in [0.05, 0.1) is 0 Å². The summed E-state index contributed by atoms with van der Waals surface area (Å²) in [4.78, 5) is 29.3. The van der Waals surface area contributed by atoms with Crippen LogP contribution in [0, 0.1) is 24.6 Å². The Hall–Kier alpha value is -1.75. The van der Waals surface area contributed by atoms with Gasteiger partial charge in [0, 0.05) is 56.0 Å². The summed E-state index contributed by atoms with van der Waals surface area (Å²) in [5.41, 5.74) is 2.58. The van der Waals surface area contributed by atoms with Crippen molar-refractivity contribution in [2.75, 3.05) is 19.6 Å². The second-order valence-electron chi connectivity index (χ2n) is 9.32. The lowest BCUT2D eigenvalue weighted by Gasteiger charge is -2.41. The SMILES string of the molecule is Cc1c(CC(=O)C2CC2)ccc(F)c1CN1CCN(C(=O)C2CCCC2)[C@@H](C)C1. The lowest BCUT2D eigenvalue weighted by Crippen LogP contribution is -2.54. The van der Waals surface area contributed by atoms with Gasteiger partial charge < -0.3 is 4.90 Å². The monoisotopic (exact) mass is 400 g/mol. The summed E-state index contributed by atoms with van der Waals surface area (Å²) in [5.74, 6) is 0.858. The summed E-state index contributed by atoms with van der Waals surface area (Å²) in [6, 6.07) is 3.44. The van der Waals surface area contributed by atoms with E-state index in [0.29, 0.717) is 30.2 Å². The van der Waals surface area contributed by atoms with E-state index in [1.807, 2.05) is 11.8 Å². The van der Waals surface area contributed by atoms with Crippen LogP contribution in [0.25, 0.3) is 0 Å². The highest BCUT2D eigenvalue weighted by Crippen LogP contribution is 2.32. The van der Waals surface area contributed by atoms with Crippen molar-refractivity contribution in [3.8, 4) is 0 Å². The highest BCUT2D eigenvalue weighted by Gasteiger charge is 2.33. The first-order chi connectivity index (χ1) is 13.9. The first-order valence-corrected chi connectivity index (χ1v) is 11.3. The van der Waals surface area contributed by atoms with E-state index in [4.69, 9.17) is 0 Å². The molecule has 4 rings (SSSR count). The molecule has 0 radical (unpaired) electrons. The third-order valence-electron chi connectivity index (χ3n) is 7.13. The number of ketones is 1. The predicted molar refractivity (Wildman–Crippen MR) is 111 cm³/mol. The number of Topliss-reactive ketones (excluding diaryl/α,β-unsaturated/α-hetero) is 1. The van der Waals surface area contributed by atoms with Gasteiger partial charge in [-0.25, -0.2) is 4.39 Å². The summed E-state index contributed by atoms with van der Waals surface area (Å²) in [7, 11) is 0. The van der Waals surface area contributed by atoms with E-state index >= 15 is 0 Å². The van der Waals surface area contributed by atoms with Crippen LogP contribution in [0.1, 0.15) is 62.1 Å². The number of hydrogen-bond acceptors (Lipinski definition) is 3. The summed E-state index contributed by atoms with van der Waals surface area (Å²) >= 11 is 0. The van der Waals surface area contributed by atoms with E-state index in [1.165, 1.54) is 18.9 Å². The fraction of sp³-hybridized carbons (Fsp3) is 0.667. The van der Waals surface area contributed by atoms with Crippen molar-refractivity contribution in [2.45, 2.75) is 71.4 Å². The number of carbonyl (C=O) groups excluding carboxylic acids is 2. The van der Waals surface area contributed by atoms with E-state index < -0.39 is 0 Å². The number of carbonyl (C=O) groups is 2. The fourth-order valence-corrected chi connectivity index (χ4v) is 5.03. The molecule has 0 unspecified atom stereocenters. The van der Waals surface area contributed by atoms with Gasteiger partial charge in [-0.3, -0.25) is 14.5 Å². The molecule has 1 aliphatic heterocycles. The number of rotatable bonds is 6. The highest BCUT2D eigenvalue weighted by atomic mass is 19.1. The van der Waals surface area contributed by atoms with E-state index in [9.17, 15) is 14.0 Å². The fourth-order valence-electron chi connectivity index (χ4n) is 5.03. The van der Waals surface area contributed by atoms with Crippen molar-refractivity contribution >= 4 is 11.7 Å². The number of halogens is 1. The van der Waals surface area contributed by atoms with E-state index in [-0.39, 0.29) is 23.7 Å². The Morgan fingerprint density at radius 2 is 1.79 bits per heavy atom. The van der Waals surface area contributed by atoms with E-state index in [1.54, 1.807) is 6.07 Å². The van der Waals surface area contributed by atoms with Crippen LogP contribution in [0.5, 0.6) is 0 Å². The first-order valence-electron chi connectivity index (χ1n) is 11.3. The van der Waals surface area contributed by atoms with Gasteiger partial charge in [0.2, 0.25) is 5.91 Å². The van der Waals surface area contributed by atoms with Crippen LogP contribution in [-0.2, 0) is 22.6 Å². The van der Waals surface area contributed by atoms with Crippen molar-refractivity contribution < 1.29 is 14.0 Å². The molecule has 1 heterocycles. The van der Waals surface area contributed by atoms with Crippen LogP contribution in [-0.4, -0.2) is 47.2 Å². The minimum Gasteiger partial charge on any atom is -0.337 e. The first kappa shape index (κ1) is 20.5. The van der Waals surface area contributed by atoms with Gasteiger partial charge >= 0.3 is 0 Å². The van der Waals surface area contributed by atoms with Crippen LogP contribution in [0.3, 0.4) is 0 Å². The van der Waals surface area contributed by atoms with E-state index in [2.05, 4.69) is 11.8 Å². The molecule has 2 saturated carbocycles. The Morgan fingerprint density at radius 1 is 1.07 bits per heavy atom. The Balaban J connectivity index is 1.40. The molecular weight excluding hydrogens is 367 g/mol. The Morgan fingerprint density at radius 3 is 2.45 bits per heavy atom. The maximum absolute atomic E-state index is 14.6. The molecule has 2 aliphatic carbocycles. The molecule has 1 atom stereocenters. The lowest BCUT2D eigenvalue weighted by molar-refractivity contribution is -0.140. The van der Waals surface area contributed by atoms with Gasteiger partial charge in [-0.2, -0.15) is 0 Å². The summed E-state index contributed by atoms with van der Waals surface area (Å²) in [6.07, 6.45) is 6.84. The molecule has 158 valence electrons. The van der Waals surface area contributed by atoms with E-state index in [0.717, 1.165) is 56.4 Å². The van der Waals surface area contributed by atoms with Crippen LogP contribution < -0.4 is 0 Å². The molecule has 3 fully saturated rings. The standard InChI is InChI=1S/C24H33FN2O2/c1-16-14-26(11-12-27(16)24(29)19-5-3-4-6-19)15-21-17(2)20(9-10-22(21)25)13-23(28)18-7-8-18/h9-10,16,18-19H,3-8,11-15H2,1-2H3/t16-/m0/s1. The molecule has 1 amide bonds. The molecule has 0 aromatic heterocycles. The van der Waals surface area contributed by atoms with Crippen LogP contribution in [0.15, 0.2) is 12.1 Å². The van der Waals surface area contributed by atoms with Crippen molar-refractivity contribution in [1.82, 2.24) is 9.80 Å². The smallest absolute Gasteiger partial charge is 0.226 e. The Bertz CT molecular complexity index is 783. The van der Waals surface area contributed by atoms with Crippen molar-refractivity contribution in [3.05, 3.63) is 34.6 Å². The molecule has 0 spiro atoms. The Labute approximate surface area is 173 Å². The molecule has 0 N–H and O–H groups in total. The summed E-state index contributed by atoms with van der Waals surface area (Å²) in [6.45, 7) is 6.84. The quantitative estimate of drug-likeness (QED) is 0.728. The zero-order chi connectivity index (χ0) is 20.5. The van der Waals surface area contributed by atoms with Gasteiger partial charge in [-0.05, 0) is 56.7 Å². The summed E-state index contributed by atoms with van der Waals surface area (Å²) in [5, 5.41) is 0. The second kappa shape index (κ2) is 8.55. The lowest BCUT2D eigenvalue weighted by atomic mass is 9.96. The molecule has 1 aromatic rings. The third-order valence-corrected chi connectivity index (χ3v) is 7.13. The van der Waals surface area contributed by atoms with Crippen molar-refractivity contribution in [1.29, 1.82) is 0 Å². The molecule has 29 heavy (non-hydrogen) atoms. The van der Waals surface area contributed by atoms with Gasteiger partial charge in [0.15, 0.2) is 0 Å². The maximum Gasteiger partial charge on any atom is 0.226 e. The second-order valence-corrected chi connectivity index (χ2v) is 9.32. The normalized spacial score (nSPS) is 23.6. The average Bonchev–Trinajstić information content (AvgIpc) is 3.41. The van der Waals surface area contributed by atoms with Gasteiger partial charge in [0.25, 0.3) is 0 Å². The predicted octanol–water partition coefficient (Wildman–Crippen LogP) is 3.88. The largest absolute Gasteiger partial charge is 0.337 e. The molecule has 0 bridgehead atoms. The zero-order valence-corrected chi connectivity index (χ0v) is 17.8. The van der Waals surface area contributed by atoms with Gasteiger partial charge in [0.1, 0.15) is 11.6 Å². The molecule has 1 saturated heterocycles. The highest BCUT2D eigenvalue weighted by molar-refractivity contribution is 5.85. The summed E-state index contributed by atoms with van der Waals surface area (Å²) < 4.78 is 14.6. The van der Waals surface area contributed by atoms with Crippen molar-refractivity contribution in [2.24, 2.45) is 11.8 Å². The van der Waals surface area contributed by atoms with Crippen LogP contribution in [0.2, 0.25) is 0 Å². The number of nitrogens with zero attached hydrogens (tertiary/aromatic N) is 2. The molecule has 3 aliphatic rings. The van der Waals surface area contributed by atoms with Gasteiger partial charge in [-0.1, -0.05) is 18.9 Å². The zero-order valence-electron chi connectivity index (χ0n) is 17.8. The van der Waals surface area contributed by atoms with Crippen LogP contribution >= 0.6 is 0 Å². The molecule has 4 nitrogen and oxygen atoms in total. The average molecular weight is 401 g/mol. The van der Waals surface area contributed by atoms with Gasteiger partial charge in [-0.15, -0.1) is 0 Å². The molecule has 5 heteroatoms. The minimum atomic E-state index is -0.192. The number of benzene rings is 1. The topological polar surface area (TPSA) is 40.6 Å². The molecule has 1 aromatic carbocycles. The Kier molecular flexibility index (Phi) is 6.05. The van der Waals surface area contributed by atoms with Crippen molar-refractivity contribution in [3.63, 3.8) is 0 Å².